The molecule has 1 unspecified atom stereocenters. The number of ether oxygens (including phenoxy) is 1. The van der Waals surface area contributed by atoms with Gasteiger partial charge in [-0.3, -0.25) is 4.79 Å². The van der Waals surface area contributed by atoms with Crippen LogP contribution in [0.3, 0.4) is 0 Å². The number of amides is 1. The molecule has 23 heavy (non-hydrogen) atoms. The first-order valence-electron chi connectivity index (χ1n) is 6.97. The first kappa shape index (κ1) is 15.4. The number of likely N-dealkylation sites (N-methyl/N-ethyl adjacent to an activating group) is 1. The van der Waals surface area contributed by atoms with Gasteiger partial charge in [-0.2, -0.15) is 13.2 Å². The van der Waals surface area contributed by atoms with Crippen molar-refractivity contribution in [1.82, 2.24) is 0 Å². The molecular weight excluding hydrogens is 307 g/mol. The van der Waals surface area contributed by atoms with Gasteiger partial charge in [0.25, 0.3) is 5.91 Å². The number of alkyl halides is 3. The Morgan fingerprint density at radius 3 is 2.35 bits per heavy atom. The minimum atomic E-state index is -4.47. The molecule has 0 aromatic heterocycles. The molecule has 0 spiro atoms. The van der Waals surface area contributed by atoms with Gasteiger partial charge in [-0.25, -0.2) is 0 Å². The van der Waals surface area contributed by atoms with Crippen molar-refractivity contribution in [2.75, 3.05) is 11.9 Å². The van der Waals surface area contributed by atoms with Crippen LogP contribution in [-0.2, 0) is 16.6 Å². The molecule has 3 nitrogen and oxygen atoms in total. The number of carbonyl (C=O) groups is 1. The van der Waals surface area contributed by atoms with Crippen LogP contribution in [0.2, 0.25) is 0 Å². The molecule has 0 aliphatic carbocycles. The summed E-state index contributed by atoms with van der Waals surface area (Å²) in [7, 11) is 1.53. The third kappa shape index (κ3) is 2.44. The van der Waals surface area contributed by atoms with Crippen molar-refractivity contribution in [3.8, 4) is 5.75 Å². The van der Waals surface area contributed by atoms with Gasteiger partial charge in [0.15, 0.2) is 0 Å². The number of nitrogens with zero attached hydrogens (tertiary/aromatic N) is 1. The summed E-state index contributed by atoms with van der Waals surface area (Å²) < 4.78 is 44.5. The highest BCUT2D eigenvalue weighted by Crippen LogP contribution is 2.44. The van der Waals surface area contributed by atoms with E-state index in [0.717, 1.165) is 12.1 Å². The normalized spacial score (nSPS) is 20.9. The standard InChI is InChI=1S/C17H14F3NO2/c1-16(11-6-4-3-5-7-11)15(22)21(2)13-9-8-12(17(18,19)20)10-14(13)23-16/h3-10H,1-2H3. The summed E-state index contributed by atoms with van der Waals surface area (Å²) in [5.41, 5.74) is -1.28. The van der Waals surface area contributed by atoms with Crippen LogP contribution < -0.4 is 9.64 Å². The molecule has 0 radical (unpaired) electrons. The van der Waals surface area contributed by atoms with Gasteiger partial charge in [0.05, 0.1) is 11.3 Å². The highest BCUT2D eigenvalue weighted by Gasteiger charge is 2.45. The second-order valence-electron chi connectivity index (χ2n) is 5.55. The highest BCUT2D eigenvalue weighted by molar-refractivity contribution is 6.02. The Kier molecular flexibility index (Phi) is 3.35. The predicted molar refractivity (Wildman–Crippen MR) is 79.3 cm³/mol. The minimum absolute atomic E-state index is 0.0354. The second kappa shape index (κ2) is 5.01. The maximum absolute atomic E-state index is 12.9. The Hall–Kier alpha value is -2.50. The van der Waals surface area contributed by atoms with Crippen LogP contribution in [0.25, 0.3) is 0 Å². The number of fused-ring (bicyclic) bond motifs is 1. The number of carbonyl (C=O) groups excluding carboxylic acids is 1. The zero-order valence-corrected chi connectivity index (χ0v) is 12.5. The summed E-state index contributed by atoms with van der Waals surface area (Å²) in [5, 5.41) is 0. The van der Waals surface area contributed by atoms with Crippen molar-refractivity contribution in [1.29, 1.82) is 0 Å². The lowest BCUT2D eigenvalue weighted by Gasteiger charge is -2.39. The van der Waals surface area contributed by atoms with Gasteiger partial charge in [0, 0.05) is 12.6 Å². The molecule has 1 atom stereocenters. The van der Waals surface area contributed by atoms with Gasteiger partial charge in [-0.15, -0.1) is 0 Å². The fourth-order valence-corrected chi connectivity index (χ4v) is 2.68. The average molecular weight is 321 g/mol. The van der Waals surface area contributed by atoms with Crippen molar-refractivity contribution in [2.24, 2.45) is 0 Å². The van der Waals surface area contributed by atoms with Crippen LogP contribution in [0.1, 0.15) is 18.1 Å². The van der Waals surface area contributed by atoms with E-state index < -0.39 is 17.3 Å². The average Bonchev–Trinajstić information content (AvgIpc) is 2.52. The van der Waals surface area contributed by atoms with Crippen LogP contribution in [0.15, 0.2) is 48.5 Å². The SMILES string of the molecule is CN1C(=O)C(C)(c2ccccc2)Oc2cc(C(F)(F)F)ccc21. The van der Waals surface area contributed by atoms with Gasteiger partial charge in [0.1, 0.15) is 5.75 Å². The maximum Gasteiger partial charge on any atom is 0.416 e. The molecule has 120 valence electrons. The molecule has 6 heteroatoms. The molecule has 0 fully saturated rings. The van der Waals surface area contributed by atoms with E-state index in [9.17, 15) is 18.0 Å². The Labute approximate surface area is 131 Å². The molecule has 0 saturated heterocycles. The molecule has 1 amide bonds. The van der Waals surface area contributed by atoms with E-state index >= 15 is 0 Å². The number of rotatable bonds is 1. The van der Waals surface area contributed by atoms with E-state index in [4.69, 9.17) is 4.74 Å². The largest absolute Gasteiger partial charge is 0.471 e. The molecule has 3 rings (SSSR count). The summed E-state index contributed by atoms with van der Waals surface area (Å²) in [6.45, 7) is 1.56. The fourth-order valence-electron chi connectivity index (χ4n) is 2.68. The number of benzene rings is 2. The molecule has 1 aliphatic rings. The summed E-state index contributed by atoms with van der Waals surface area (Å²) in [5.74, 6) is -0.302. The maximum atomic E-state index is 12.9. The van der Waals surface area contributed by atoms with E-state index in [2.05, 4.69) is 0 Å². The van der Waals surface area contributed by atoms with Gasteiger partial charge < -0.3 is 9.64 Å². The van der Waals surface area contributed by atoms with Gasteiger partial charge in [-0.1, -0.05) is 30.3 Å². The number of halogens is 3. The van der Waals surface area contributed by atoms with Crippen LogP contribution in [-0.4, -0.2) is 13.0 Å². The van der Waals surface area contributed by atoms with Crippen molar-refractivity contribution >= 4 is 11.6 Å². The van der Waals surface area contributed by atoms with E-state index in [0.29, 0.717) is 11.3 Å². The Balaban J connectivity index is 2.12. The fraction of sp³-hybridized carbons (Fsp3) is 0.235. The lowest BCUT2D eigenvalue weighted by Crippen LogP contribution is -2.50. The Morgan fingerprint density at radius 2 is 1.74 bits per heavy atom. The monoisotopic (exact) mass is 321 g/mol. The first-order chi connectivity index (χ1) is 10.7. The lowest BCUT2D eigenvalue weighted by molar-refractivity contribution is -0.138. The van der Waals surface area contributed by atoms with Crippen molar-refractivity contribution in [3.63, 3.8) is 0 Å². The third-order valence-corrected chi connectivity index (χ3v) is 4.00. The molecule has 1 heterocycles. The molecule has 1 aliphatic heterocycles. The van der Waals surface area contributed by atoms with Crippen LogP contribution in [0.5, 0.6) is 5.75 Å². The summed E-state index contributed by atoms with van der Waals surface area (Å²) >= 11 is 0. The van der Waals surface area contributed by atoms with Crippen LogP contribution >= 0.6 is 0 Å². The van der Waals surface area contributed by atoms with Crippen molar-refractivity contribution in [3.05, 3.63) is 59.7 Å². The van der Waals surface area contributed by atoms with Gasteiger partial charge in [0.2, 0.25) is 5.60 Å². The molecule has 2 aromatic carbocycles. The number of hydrogen-bond acceptors (Lipinski definition) is 2. The minimum Gasteiger partial charge on any atom is -0.471 e. The molecule has 2 aromatic rings. The molecular formula is C17H14F3NO2. The summed E-state index contributed by atoms with van der Waals surface area (Å²) in [6.07, 6.45) is -4.47. The Bertz CT molecular complexity index is 758. The van der Waals surface area contributed by atoms with E-state index in [-0.39, 0.29) is 11.7 Å². The zero-order valence-electron chi connectivity index (χ0n) is 12.5. The van der Waals surface area contributed by atoms with Crippen molar-refractivity contribution in [2.45, 2.75) is 18.7 Å². The molecule has 0 bridgehead atoms. The molecule has 0 N–H and O–H groups in total. The lowest BCUT2D eigenvalue weighted by atomic mass is 9.92. The van der Waals surface area contributed by atoms with E-state index in [1.54, 1.807) is 37.3 Å². The quantitative estimate of drug-likeness (QED) is 0.795. The van der Waals surface area contributed by atoms with E-state index in [1.807, 2.05) is 0 Å². The van der Waals surface area contributed by atoms with Gasteiger partial charge in [-0.05, 0) is 25.1 Å². The van der Waals surface area contributed by atoms with E-state index in [1.165, 1.54) is 18.0 Å². The zero-order chi connectivity index (χ0) is 16.8. The van der Waals surface area contributed by atoms with Crippen molar-refractivity contribution < 1.29 is 22.7 Å². The first-order valence-corrected chi connectivity index (χ1v) is 6.97. The van der Waals surface area contributed by atoms with Crippen LogP contribution in [0, 0.1) is 0 Å². The Morgan fingerprint density at radius 1 is 1.09 bits per heavy atom. The topological polar surface area (TPSA) is 29.5 Å². The molecule has 0 saturated carbocycles. The number of hydrogen-bond donors (Lipinski definition) is 0. The highest BCUT2D eigenvalue weighted by atomic mass is 19.4. The third-order valence-electron chi connectivity index (χ3n) is 4.00. The predicted octanol–water partition coefficient (Wildman–Crippen LogP) is 3.98. The summed E-state index contributed by atoms with van der Waals surface area (Å²) in [6, 6.07) is 11.8. The van der Waals surface area contributed by atoms with Gasteiger partial charge >= 0.3 is 6.18 Å². The smallest absolute Gasteiger partial charge is 0.416 e. The van der Waals surface area contributed by atoms with Crippen LogP contribution in [0.4, 0.5) is 18.9 Å². The second-order valence-corrected chi connectivity index (χ2v) is 5.55. The summed E-state index contributed by atoms with van der Waals surface area (Å²) in [4.78, 5) is 14.0. The number of anilines is 1.